The van der Waals surface area contributed by atoms with E-state index < -0.39 is 23.8 Å². The van der Waals surface area contributed by atoms with Crippen molar-refractivity contribution in [3.63, 3.8) is 0 Å². The first-order chi connectivity index (χ1) is 9.02. The van der Waals surface area contributed by atoms with Crippen molar-refractivity contribution in [2.75, 3.05) is 0 Å². The van der Waals surface area contributed by atoms with Gasteiger partial charge in [0.05, 0.1) is 11.8 Å². The van der Waals surface area contributed by atoms with Gasteiger partial charge in [0, 0.05) is 0 Å². The number of fused-ring (bicyclic) bond motifs is 2. The van der Waals surface area contributed by atoms with E-state index in [1.165, 1.54) is 0 Å². The van der Waals surface area contributed by atoms with Crippen LogP contribution < -0.4 is 0 Å². The van der Waals surface area contributed by atoms with Crippen molar-refractivity contribution in [3.8, 4) is 0 Å². The molecule has 4 heteroatoms. The van der Waals surface area contributed by atoms with Gasteiger partial charge in [-0.2, -0.15) is 0 Å². The minimum atomic E-state index is -1.00. The standard InChI is InChI=1S/C15H18O4/c1-3-5-8-9(6-4-2)11-7-10(8)12(14(16)17)13(11)15(18)19/h3-4,10-13H,1-2,5-7H2,(H,16,17)(H,18,19). The van der Waals surface area contributed by atoms with Crippen LogP contribution >= 0.6 is 0 Å². The van der Waals surface area contributed by atoms with Crippen molar-refractivity contribution >= 4 is 11.9 Å². The number of hydrogen-bond donors (Lipinski definition) is 2. The third-order valence-electron chi connectivity index (χ3n) is 4.37. The predicted molar refractivity (Wildman–Crippen MR) is 70.5 cm³/mol. The van der Waals surface area contributed by atoms with E-state index in [9.17, 15) is 19.8 Å². The molecule has 2 rings (SSSR count). The SMILES string of the molecule is C=CCC1=C(CC=C)C2CC1C(C(=O)O)C2C(=O)O. The first-order valence-electron chi connectivity index (χ1n) is 6.42. The van der Waals surface area contributed by atoms with Crippen LogP contribution in [-0.4, -0.2) is 22.2 Å². The van der Waals surface area contributed by atoms with E-state index >= 15 is 0 Å². The quantitative estimate of drug-likeness (QED) is 0.721. The first kappa shape index (κ1) is 13.6. The van der Waals surface area contributed by atoms with E-state index in [1.807, 2.05) is 0 Å². The highest BCUT2D eigenvalue weighted by atomic mass is 16.4. The molecule has 0 aromatic rings. The molecule has 0 heterocycles. The third-order valence-corrected chi connectivity index (χ3v) is 4.37. The molecule has 2 N–H and O–H groups in total. The molecule has 0 aliphatic heterocycles. The third kappa shape index (κ3) is 2.01. The smallest absolute Gasteiger partial charge is 0.308 e. The maximum atomic E-state index is 11.4. The van der Waals surface area contributed by atoms with Gasteiger partial charge in [0.25, 0.3) is 0 Å². The van der Waals surface area contributed by atoms with Crippen LogP contribution in [0.25, 0.3) is 0 Å². The number of carboxylic acid groups (broad SMARTS) is 2. The number of allylic oxidation sites excluding steroid dienone is 4. The van der Waals surface area contributed by atoms with Crippen LogP contribution in [0.5, 0.6) is 0 Å². The normalized spacial score (nSPS) is 32.4. The minimum Gasteiger partial charge on any atom is -0.481 e. The zero-order valence-corrected chi connectivity index (χ0v) is 10.7. The van der Waals surface area contributed by atoms with Crippen LogP contribution in [0.2, 0.25) is 0 Å². The largest absolute Gasteiger partial charge is 0.481 e. The second-order valence-electron chi connectivity index (χ2n) is 5.21. The lowest BCUT2D eigenvalue weighted by molar-refractivity contribution is -0.154. The van der Waals surface area contributed by atoms with E-state index in [0.29, 0.717) is 19.3 Å². The molecule has 4 unspecified atom stereocenters. The van der Waals surface area contributed by atoms with Gasteiger partial charge in [0.1, 0.15) is 0 Å². The van der Waals surface area contributed by atoms with Crippen LogP contribution in [0.4, 0.5) is 0 Å². The molecule has 0 saturated heterocycles. The zero-order chi connectivity index (χ0) is 14.2. The summed E-state index contributed by atoms with van der Waals surface area (Å²) in [6, 6.07) is 0. The van der Waals surface area contributed by atoms with Crippen LogP contribution in [0.1, 0.15) is 19.3 Å². The summed E-state index contributed by atoms with van der Waals surface area (Å²) in [4.78, 5) is 22.8. The molecule has 4 atom stereocenters. The van der Waals surface area contributed by atoms with Crippen LogP contribution in [0, 0.1) is 23.7 Å². The van der Waals surface area contributed by atoms with Crippen LogP contribution in [-0.2, 0) is 9.59 Å². The summed E-state index contributed by atoms with van der Waals surface area (Å²) >= 11 is 0. The Morgan fingerprint density at radius 1 is 1.00 bits per heavy atom. The molecule has 0 aromatic heterocycles. The molecule has 0 spiro atoms. The topological polar surface area (TPSA) is 74.6 Å². The number of aliphatic carboxylic acids is 2. The van der Waals surface area contributed by atoms with Gasteiger partial charge in [0.2, 0.25) is 0 Å². The molecule has 0 amide bonds. The first-order valence-corrected chi connectivity index (χ1v) is 6.42. The summed E-state index contributed by atoms with van der Waals surface area (Å²) in [5.41, 5.74) is 2.15. The van der Waals surface area contributed by atoms with Gasteiger partial charge >= 0.3 is 11.9 Å². The Balaban J connectivity index is 2.45. The van der Waals surface area contributed by atoms with E-state index in [-0.39, 0.29) is 11.8 Å². The molecule has 0 aromatic carbocycles. The fourth-order valence-corrected chi connectivity index (χ4v) is 3.79. The molecule has 1 fully saturated rings. The van der Waals surface area contributed by atoms with E-state index in [4.69, 9.17) is 0 Å². The maximum Gasteiger partial charge on any atom is 0.308 e. The Hall–Kier alpha value is -1.84. The summed E-state index contributed by atoms with van der Waals surface area (Å²) in [6.07, 6.45) is 5.43. The number of carbonyl (C=O) groups is 2. The highest BCUT2D eigenvalue weighted by Crippen LogP contribution is 2.57. The van der Waals surface area contributed by atoms with E-state index in [2.05, 4.69) is 13.2 Å². The summed E-state index contributed by atoms with van der Waals surface area (Å²) in [6.45, 7) is 7.41. The van der Waals surface area contributed by atoms with Gasteiger partial charge in [0.15, 0.2) is 0 Å². The lowest BCUT2D eigenvalue weighted by Crippen LogP contribution is -2.36. The van der Waals surface area contributed by atoms with Gasteiger partial charge in [-0.3, -0.25) is 9.59 Å². The summed E-state index contributed by atoms with van der Waals surface area (Å²) in [5.74, 6) is -3.91. The minimum absolute atomic E-state index is 0.156. The molecule has 2 aliphatic carbocycles. The van der Waals surface area contributed by atoms with E-state index in [1.54, 1.807) is 12.2 Å². The zero-order valence-electron chi connectivity index (χ0n) is 10.7. The average Bonchev–Trinajstić information content (AvgIpc) is 2.87. The Morgan fingerprint density at radius 2 is 1.37 bits per heavy atom. The van der Waals surface area contributed by atoms with Gasteiger partial charge in [-0.1, -0.05) is 23.3 Å². The molecular formula is C15H18O4. The van der Waals surface area contributed by atoms with Gasteiger partial charge in [-0.25, -0.2) is 0 Å². The summed E-state index contributed by atoms with van der Waals surface area (Å²) < 4.78 is 0. The fourth-order valence-electron chi connectivity index (χ4n) is 3.79. The van der Waals surface area contributed by atoms with Crippen molar-refractivity contribution < 1.29 is 19.8 Å². The van der Waals surface area contributed by atoms with Gasteiger partial charge < -0.3 is 10.2 Å². The molecule has 102 valence electrons. The van der Waals surface area contributed by atoms with Crippen molar-refractivity contribution in [2.45, 2.75) is 19.3 Å². The molecule has 2 aliphatic rings. The van der Waals surface area contributed by atoms with Crippen molar-refractivity contribution in [2.24, 2.45) is 23.7 Å². The summed E-state index contributed by atoms with van der Waals surface area (Å²) in [7, 11) is 0. The molecule has 4 nitrogen and oxygen atoms in total. The Bertz CT molecular complexity index is 433. The highest BCUT2D eigenvalue weighted by Gasteiger charge is 2.57. The molecule has 2 bridgehead atoms. The van der Waals surface area contributed by atoms with Gasteiger partial charge in [-0.15, -0.1) is 13.2 Å². The second kappa shape index (κ2) is 5.03. The Kier molecular flexibility index (Phi) is 3.60. The van der Waals surface area contributed by atoms with E-state index in [0.717, 1.165) is 11.1 Å². The fraction of sp³-hybridized carbons (Fsp3) is 0.467. The highest BCUT2D eigenvalue weighted by molar-refractivity contribution is 5.83. The lowest BCUT2D eigenvalue weighted by atomic mass is 9.74. The maximum absolute atomic E-state index is 11.4. The number of rotatable bonds is 6. The lowest BCUT2D eigenvalue weighted by Gasteiger charge is -2.29. The second-order valence-corrected chi connectivity index (χ2v) is 5.21. The van der Waals surface area contributed by atoms with Crippen LogP contribution in [0.15, 0.2) is 36.5 Å². The van der Waals surface area contributed by atoms with Crippen LogP contribution in [0.3, 0.4) is 0 Å². The average molecular weight is 262 g/mol. The summed E-state index contributed by atoms with van der Waals surface area (Å²) in [5, 5.41) is 18.6. The van der Waals surface area contributed by atoms with Crippen molar-refractivity contribution in [1.82, 2.24) is 0 Å². The molecule has 0 radical (unpaired) electrons. The molecular weight excluding hydrogens is 244 g/mol. The van der Waals surface area contributed by atoms with Crippen molar-refractivity contribution in [3.05, 3.63) is 36.5 Å². The molecule has 19 heavy (non-hydrogen) atoms. The Morgan fingerprint density at radius 3 is 1.63 bits per heavy atom. The van der Waals surface area contributed by atoms with Crippen molar-refractivity contribution in [1.29, 1.82) is 0 Å². The predicted octanol–water partition coefficient (Wildman–Crippen LogP) is 2.49. The monoisotopic (exact) mass is 262 g/mol. The Labute approximate surface area is 112 Å². The number of carboxylic acids is 2. The molecule has 1 saturated carbocycles. The van der Waals surface area contributed by atoms with Gasteiger partial charge in [-0.05, 0) is 31.1 Å². The number of hydrogen-bond acceptors (Lipinski definition) is 2.